The molecule has 2 amide bonds. The maximum Gasteiger partial charge on any atom is 0.233 e. The van der Waals surface area contributed by atoms with Crippen molar-refractivity contribution in [2.24, 2.45) is 28.7 Å². The van der Waals surface area contributed by atoms with Crippen LogP contribution >= 0.6 is 11.3 Å². The lowest BCUT2D eigenvalue weighted by Gasteiger charge is -2.25. The Morgan fingerprint density at radius 3 is 2.48 bits per heavy atom. The maximum absolute atomic E-state index is 12.7. The van der Waals surface area contributed by atoms with Gasteiger partial charge in [-0.05, 0) is 36.1 Å². The SMILES string of the molecule is CN=C(NCCCN1C(=O)C2C3C=CC(C3)C2C1=O)NCC(C)(C)c1cccs1. The smallest absolute Gasteiger partial charge is 0.233 e. The monoisotopic (exact) mass is 414 g/mol. The van der Waals surface area contributed by atoms with Crippen LogP contribution in [0.25, 0.3) is 0 Å². The molecule has 4 atom stereocenters. The predicted molar refractivity (Wildman–Crippen MR) is 116 cm³/mol. The number of likely N-dealkylation sites (tertiary alicyclic amines) is 1. The van der Waals surface area contributed by atoms with Gasteiger partial charge in [0.1, 0.15) is 0 Å². The van der Waals surface area contributed by atoms with Gasteiger partial charge in [-0.15, -0.1) is 11.3 Å². The number of imide groups is 1. The highest BCUT2D eigenvalue weighted by Crippen LogP contribution is 2.52. The van der Waals surface area contributed by atoms with Crippen molar-refractivity contribution in [1.82, 2.24) is 15.5 Å². The van der Waals surface area contributed by atoms with Gasteiger partial charge in [-0.2, -0.15) is 0 Å². The maximum atomic E-state index is 12.7. The second kappa shape index (κ2) is 7.94. The van der Waals surface area contributed by atoms with E-state index in [4.69, 9.17) is 0 Å². The van der Waals surface area contributed by atoms with Crippen LogP contribution in [-0.2, 0) is 15.0 Å². The Morgan fingerprint density at radius 1 is 1.21 bits per heavy atom. The summed E-state index contributed by atoms with van der Waals surface area (Å²) < 4.78 is 0. The Hall–Kier alpha value is -2.15. The van der Waals surface area contributed by atoms with E-state index >= 15 is 0 Å². The lowest BCUT2D eigenvalue weighted by molar-refractivity contribution is -0.140. The van der Waals surface area contributed by atoms with Crippen molar-refractivity contribution in [3.05, 3.63) is 34.5 Å². The van der Waals surface area contributed by atoms with E-state index in [0.29, 0.717) is 19.5 Å². The molecule has 4 unspecified atom stereocenters. The van der Waals surface area contributed by atoms with E-state index in [1.54, 1.807) is 18.4 Å². The van der Waals surface area contributed by atoms with Gasteiger partial charge in [-0.25, -0.2) is 0 Å². The van der Waals surface area contributed by atoms with Crippen molar-refractivity contribution in [2.45, 2.75) is 32.1 Å². The van der Waals surface area contributed by atoms with Crippen molar-refractivity contribution >= 4 is 29.1 Å². The summed E-state index contributed by atoms with van der Waals surface area (Å²) in [5, 5.41) is 8.79. The van der Waals surface area contributed by atoms with Gasteiger partial charge >= 0.3 is 0 Å². The van der Waals surface area contributed by atoms with Gasteiger partial charge in [-0.1, -0.05) is 32.1 Å². The van der Waals surface area contributed by atoms with Gasteiger partial charge in [0.05, 0.1) is 11.8 Å². The number of nitrogens with zero attached hydrogens (tertiary/aromatic N) is 2. The number of guanidine groups is 1. The molecule has 2 fully saturated rings. The molecular formula is C22H30N4O2S. The van der Waals surface area contributed by atoms with Gasteiger partial charge < -0.3 is 10.6 Å². The second-order valence-corrected chi connectivity index (χ2v) is 9.84. The van der Waals surface area contributed by atoms with E-state index in [2.05, 4.69) is 59.1 Å². The summed E-state index contributed by atoms with van der Waals surface area (Å²) >= 11 is 1.76. The fraction of sp³-hybridized carbons (Fsp3) is 0.591. The van der Waals surface area contributed by atoms with Crippen LogP contribution in [-0.4, -0.2) is 49.4 Å². The molecule has 0 radical (unpaired) electrons. The lowest BCUT2D eigenvalue weighted by atomic mass is 9.85. The molecule has 2 bridgehead atoms. The summed E-state index contributed by atoms with van der Waals surface area (Å²) in [5.74, 6) is 1.18. The summed E-state index contributed by atoms with van der Waals surface area (Å²) in [6, 6.07) is 4.23. The van der Waals surface area contributed by atoms with Crippen molar-refractivity contribution in [3.63, 3.8) is 0 Å². The third-order valence-corrected chi connectivity index (χ3v) is 7.76. The van der Waals surface area contributed by atoms with Crippen LogP contribution < -0.4 is 10.6 Å². The molecule has 6 nitrogen and oxygen atoms in total. The van der Waals surface area contributed by atoms with Crippen LogP contribution in [0.4, 0.5) is 0 Å². The normalized spacial score (nSPS) is 28.4. The molecule has 2 heterocycles. The van der Waals surface area contributed by atoms with Crippen LogP contribution in [0.5, 0.6) is 0 Å². The second-order valence-electron chi connectivity index (χ2n) is 8.90. The Morgan fingerprint density at radius 2 is 1.90 bits per heavy atom. The molecule has 1 saturated heterocycles. The first kappa shape index (κ1) is 20.1. The minimum atomic E-state index is -0.0978. The van der Waals surface area contributed by atoms with Crippen LogP contribution in [0.2, 0.25) is 0 Å². The fourth-order valence-electron chi connectivity index (χ4n) is 4.90. The standard InChI is InChI=1S/C22H30N4O2S/c1-22(2,16-6-4-11-29-16)13-25-21(23-3)24-9-5-10-26-19(27)17-14-7-8-15(12-14)18(17)20(26)28/h4,6-8,11,14-15,17-18H,5,9-10,12-13H2,1-3H3,(H2,23,24,25). The zero-order chi connectivity index (χ0) is 20.6. The third kappa shape index (κ3) is 3.72. The zero-order valence-electron chi connectivity index (χ0n) is 17.4. The molecule has 7 heteroatoms. The Labute approximate surface area is 176 Å². The van der Waals surface area contributed by atoms with E-state index in [1.807, 2.05) is 0 Å². The molecule has 1 saturated carbocycles. The lowest BCUT2D eigenvalue weighted by Crippen LogP contribution is -2.44. The number of nitrogens with one attached hydrogen (secondary N) is 2. The Bertz CT molecular complexity index is 800. The van der Waals surface area contributed by atoms with Crippen LogP contribution in [0, 0.1) is 23.7 Å². The highest BCUT2D eigenvalue weighted by molar-refractivity contribution is 7.10. The van der Waals surface area contributed by atoms with Crippen molar-refractivity contribution in [2.75, 3.05) is 26.7 Å². The number of thiophene rings is 1. The fourth-order valence-corrected chi connectivity index (χ4v) is 5.76. The highest BCUT2D eigenvalue weighted by atomic mass is 32.1. The minimum absolute atomic E-state index is 0.0192. The van der Waals surface area contributed by atoms with Crippen molar-refractivity contribution < 1.29 is 9.59 Å². The molecule has 1 aromatic rings. The largest absolute Gasteiger partial charge is 0.356 e. The average Bonchev–Trinajstić information content (AvgIpc) is 3.48. The molecule has 0 spiro atoms. The predicted octanol–water partition coefficient (Wildman–Crippen LogP) is 2.39. The number of allylic oxidation sites excluding steroid dienone is 2. The van der Waals surface area contributed by atoms with Crippen molar-refractivity contribution in [3.8, 4) is 0 Å². The number of hydrogen-bond donors (Lipinski definition) is 2. The summed E-state index contributed by atoms with van der Waals surface area (Å²) in [6.07, 6.45) is 5.96. The summed E-state index contributed by atoms with van der Waals surface area (Å²) in [6.45, 7) is 6.34. The number of rotatable bonds is 7. The van der Waals surface area contributed by atoms with Gasteiger partial charge in [0.15, 0.2) is 5.96 Å². The third-order valence-electron chi connectivity index (χ3n) is 6.52. The number of fused-ring (bicyclic) bond motifs is 5. The van der Waals surface area contributed by atoms with E-state index in [1.165, 1.54) is 9.78 Å². The van der Waals surface area contributed by atoms with E-state index in [-0.39, 0.29) is 40.9 Å². The average molecular weight is 415 g/mol. The molecular weight excluding hydrogens is 384 g/mol. The highest BCUT2D eigenvalue weighted by Gasteiger charge is 2.58. The summed E-state index contributed by atoms with van der Waals surface area (Å²) in [4.78, 5) is 32.5. The molecule has 29 heavy (non-hydrogen) atoms. The first-order valence-corrected chi connectivity index (χ1v) is 11.3. The number of amides is 2. The molecule has 1 aromatic heterocycles. The van der Waals surface area contributed by atoms with E-state index in [0.717, 1.165) is 18.9 Å². The first-order valence-electron chi connectivity index (χ1n) is 10.4. The van der Waals surface area contributed by atoms with E-state index in [9.17, 15) is 9.59 Å². The molecule has 2 aliphatic carbocycles. The molecule has 3 aliphatic rings. The minimum Gasteiger partial charge on any atom is -0.356 e. The van der Waals surface area contributed by atoms with Gasteiger partial charge in [0.2, 0.25) is 11.8 Å². The quantitative estimate of drug-likeness (QED) is 0.236. The summed E-state index contributed by atoms with van der Waals surface area (Å²) in [5.41, 5.74) is 0.0192. The van der Waals surface area contributed by atoms with Crippen LogP contribution in [0.15, 0.2) is 34.7 Å². The number of carbonyl (C=O) groups is 2. The zero-order valence-corrected chi connectivity index (χ0v) is 18.2. The Balaban J connectivity index is 1.22. The Kier molecular flexibility index (Phi) is 5.51. The van der Waals surface area contributed by atoms with Crippen LogP contribution in [0.3, 0.4) is 0 Å². The number of carbonyl (C=O) groups excluding carboxylic acids is 2. The van der Waals surface area contributed by atoms with Gasteiger partial charge in [-0.3, -0.25) is 19.5 Å². The van der Waals surface area contributed by atoms with E-state index < -0.39 is 0 Å². The van der Waals surface area contributed by atoms with Gasteiger partial charge in [0, 0.05) is 37.0 Å². The first-order chi connectivity index (χ1) is 13.9. The number of hydrogen-bond acceptors (Lipinski definition) is 4. The van der Waals surface area contributed by atoms with Crippen molar-refractivity contribution in [1.29, 1.82) is 0 Å². The topological polar surface area (TPSA) is 73.8 Å². The molecule has 4 rings (SSSR count). The molecule has 2 N–H and O–H groups in total. The van der Waals surface area contributed by atoms with Crippen LogP contribution in [0.1, 0.15) is 31.6 Å². The molecule has 0 aromatic carbocycles. The number of aliphatic imine (C=N–C) groups is 1. The summed E-state index contributed by atoms with van der Waals surface area (Å²) in [7, 11) is 1.75. The van der Waals surface area contributed by atoms with Gasteiger partial charge in [0.25, 0.3) is 0 Å². The molecule has 156 valence electrons. The molecule has 1 aliphatic heterocycles.